The van der Waals surface area contributed by atoms with Gasteiger partial charge in [-0.05, 0) is 18.6 Å². The molecule has 0 aromatic heterocycles. The molecule has 20 heavy (non-hydrogen) atoms. The number of benzene rings is 1. The summed E-state index contributed by atoms with van der Waals surface area (Å²) in [5.74, 6) is 0.751. The molecular weight excluding hydrogens is 299 g/mol. The molecule has 1 aromatic carbocycles. The lowest BCUT2D eigenvalue weighted by atomic mass is 10.2. The smallest absolute Gasteiger partial charge is 0.222 e. The van der Waals surface area contributed by atoms with Crippen molar-refractivity contribution in [2.24, 2.45) is 0 Å². The summed E-state index contributed by atoms with van der Waals surface area (Å²) in [5, 5.41) is 4.12. The standard InChI is InChI=1S/C14H18Cl2N2O2/c15-11-3-1-4-12(14(11)16)20-10-2-5-13(19)18-8-6-17-7-9-18/h1,3-4,17H,2,5-10H2. The van der Waals surface area contributed by atoms with Crippen molar-refractivity contribution in [3.05, 3.63) is 28.2 Å². The van der Waals surface area contributed by atoms with Crippen molar-refractivity contribution in [3.63, 3.8) is 0 Å². The number of carbonyl (C=O) groups excluding carboxylic acids is 1. The molecule has 1 aliphatic heterocycles. The van der Waals surface area contributed by atoms with Gasteiger partial charge in [-0.2, -0.15) is 0 Å². The molecule has 4 nitrogen and oxygen atoms in total. The Bertz CT molecular complexity index is 462. The van der Waals surface area contributed by atoms with Crippen molar-refractivity contribution in [2.75, 3.05) is 32.8 Å². The Labute approximate surface area is 129 Å². The second kappa shape index (κ2) is 7.72. The molecule has 1 N–H and O–H groups in total. The lowest BCUT2D eigenvalue weighted by Crippen LogP contribution is -2.46. The van der Waals surface area contributed by atoms with E-state index in [1.165, 1.54) is 0 Å². The molecule has 1 heterocycles. The first-order chi connectivity index (χ1) is 9.68. The molecule has 1 fully saturated rings. The van der Waals surface area contributed by atoms with Crippen LogP contribution in [0.25, 0.3) is 0 Å². The SMILES string of the molecule is O=C(CCCOc1cccc(Cl)c1Cl)N1CCNCC1. The highest BCUT2D eigenvalue weighted by Gasteiger charge is 2.15. The molecule has 0 spiro atoms. The van der Waals surface area contributed by atoms with Crippen LogP contribution in [0.3, 0.4) is 0 Å². The highest BCUT2D eigenvalue weighted by molar-refractivity contribution is 6.42. The van der Waals surface area contributed by atoms with Crippen LogP contribution in [0.5, 0.6) is 5.75 Å². The Morgan fingerprint density at radius 1 is 1.30 bits per heavy atom. The molecule has 0 saturated carbocycles. The summed E-state index contributed by atoms with van der Waals surface area (Å²) in [6.07, 6.45) is 1.17. The minimum Gasteiger partial charge on any atom is -0.492 e. The summed E-state index contributed by atoms with van der Waals surface area (Å²) in [4.78, 5) is 13.8. The molecule has 0 aliphatic carbocycles. The molecule has 1 amide bonds. The Balaban J connectivity index is 1.70. The molecule has 1 aromatic rings. The van der Waals surface area contributed by atoms with E-state index in [-0.39, 0.29) is 5.91 Å². The van der Waals surface area contributed by atoms with Gasteiger partial charge in [0.1, 0.15) is 10.8 Å². The number of nitrogens with one attached hydrogen (secondary N) is 1. The molecule has 0 bridgehead atoms. The third kappa shape index (κ3) is 4.27. The van der Waals surface area contributed by atoms with E-state index >= 15 is 0 Å². The minimum atomic E-state index is 0.187. The third-order valence-corrected chi connectivity index (χ3v) is 3.98. The second-order valence-electron chi connectivity index (χ2n) is 4.63. The number of amides is 1. The molecule has 0 radical (unpaired) electrons. The number of nitrogens with zero attached hydrogens (tertiary/aromatic N) is 1. The van der Waals surface area contributed by atoms with Crippen LogP contribution in [-0.4, -0.2) is 43.6 Å². The van der Waals surface area contributed by atoms with Crippen LogP contribution in [0.1, 0.15) is 12.8 Å². The Morgan fingerprint density at radius 3 is 2.80 bits per heavy atom. The molecule has 2 rings (SSSR count). The summed E-state index contributed by atoms with van der Waals surface area (Å²) in [5.41, 5.74) is 0. The second-order valence-corrected chi connectivity index (χ2v) is 5.42. The molecular formula is C14H18Cl2N2O2. The predicted octanol–water partition coefficient (Wildman–Crippen LogP) is 2.58. The Morgan fingerprint density at radius 2 is 2.05 bits per heavy atom. The quantitative estimate of drug-likeness (QED) is 0.849. The fourth-order valence-electron chi connectivity index (χ4n) is 2.07. The summed E-state index contributed by atoms with van der Waals surface area (Å²) < 4.78 is 5.56. The van der Waals surface area contributed by atoms with E-state index in [1.807, 2.05) is 4.90 Å². The van der Waals surface area contributed by atoms with Crippen molar-refractivity contribution in [3.8, 4) is 5.75 Å². The molecule has 110 valence electrons. The molecule has 1 saturated heterocycles. The van der Waals surface area contributed by atoms with Gasteiger partial charge in [0.15, 0.2) is 0 Å². The first-order valence-electron chi connectivity index (χ1n) is 6.74. The largest absolute Gasteiger partial charge is 0.492 e. The number of halogens is 2. The minimum absolute atomic E-state index is 0.187. The van der Waals surface area contributed by atoms with Crippen LogP contribution >= 0.6 is 23.2 Å². The lowest BCUT2D eigenvalue weighted by molar-refractivity contribution is -0.132. The number of carbonyl (C=O) groups is 1. The first kappa shape index (κ1) is 15.4. The highest BCUT2D eigenvalue weighted by atomic mass is 35.5. The predicted molar refractivity (Wildman–Crippen MR) is 80.6 cm³/mol. The van der Waals surface area contributed by atoms with Crippen LogP contribution in [0.4, 0.5) is 0 Å². The van der Waals surface area contributed by atoms with Gasteiger partial charge in [0, 0.05) is 32.6 Å². The first-order valence-corrected chi connectivity index (χ1v) is 7.49. The summed E-state index contributed by atoms with van der Waals surface area (Å²) in [7, 11) is 0. The number of rotatable bonds is 5. The maximum absolute atomic E-state index is 11.9. The van der Waals surface area contributed by atoms with Crippen LogP contribution in [0, 0.1) is 0 Å². The Hall–Kier alpha value is -0.970. The molecule has 0 unspecified atom stereocenters. The van der Waals surface area contributed by atoms with Gasteiger partial charge in [-0.25, -0.2) is 0 Å². The number of hydrogen-bond acceptors (Lipinski definition) is 3. The third-order valence-electron chi connectivity index (χ3n) is 3.18. The summed E-state index contributed by atoms with van der Waals surface area (Å²) >= 11 is 11.9. The van der Waals surface area contributed by atoms with Crippen molar-refractivity contribution in [1.82, 2.24) is 10.2 Å². The molecule has 1 aliphatic rings. The van der Waals surface area contributed by atoms with Crippen LogP contribution in [0.2, 0.25) is 10.0 Å². The van der Waals surface area contributed by atoms with Crippen molar-refractivity contribution in [2.45, 2.75) is 12.8 Å². The summed E-state index contributed by atoms with van der Waals surface area (Å²) in [6.45, 7) is 3.79. The maximum Gasteiger partial charge on any atom is 0.222 e. The van der Waals surface area contributed by atoms with Crippen molar-refractivity contribution < 1.29 is 9.53 Å². The van der Waals surface area contributed by atoms with Crippen LogP contribution < -0.4 is 10.1 Å². The number of ether oxygens (including phenoxy) is 1. The van der Waals surface area contributed by atoms with Gasteiger partial charge in [-0.3, -0.25) is 4.79 Å². The zero-order valence-corrected chi connectivity index (χ0v) is 12.7. The highest BCUT2D eigenvalue weighted by Crippen LogP contribution is 2.31. The van der Waals surface area contributed by atoms with E-state index in [0.717, 1.165) is 26.2 Å². The van der Waals surface area contributed by atoms with E-state index < -0.39 is 0 Å². The normalized spacial score (nSPS) is 15.2. The van der Waals surface area contributed by atoms with E-state index in [0.29, 0.717) is 35.2 Å². The molecule has 0 atom stereocenters. The number of piperazine rings is 1. The van der Waals surface area contributed by atoms with Crippen LogP contribution in [-0.2, 0) is 4.79 Å². The van der Waals surface area contributed by atoms with E-state index in [2.05, 4.69) is 5.32 Å². The van der Waals surface area contributed by atoms with Crippen LogP contribution in [0.15, 0.2) is 18.2 Å². The van der Waals surface area contributed by atoms with Gasteiger partial charge in [0.2, 0.25) is 5.91 Å². The maximum atomic E-state index is 11.9. The van der Waals surface area contributed by atoms with E-state index in [4.69, 9.17) is 27.9 Å². The van der Waals surface area contributed by atoms with E-state index in [1.54, 1.807) is 18.2 Å². The van der Waals surface area contributed by atoms with Crippen molar-refractivity contribution >= 4 is 29.1 Å². The van der Waals surface area contributed by atoms with Gasteiger partial charge < -0.3 is 15.0 Å². The summed E-state index contributed by atoms with van der Waals surface area (Å²) in [6, 6.07) is 5.27. The van der Waals surface area contributed by atoms with Gasteiger partial charge in [-0.1, -0.05) is 29.3 Å². The lowest BCUT2D eigenvalue weighted by Gasteiger charge is -2.27. The monoisotopic (exact) mass is 316 g/mol. The van der Waals surface area contributed by atoms with Gasteiger partial charge in [0.05, 0.1) is 11.6 Å². The number of hydrogen-bond donors (Lipinski definition) is 1. The zero-order valence-electron chi connectivity index (χ0n) is 11.2. The van der Waals surface area contributed by atoms with Gasteiger partial charge in [-0.15, -0.1) is 0 Å². The average molecular weight is 317 g/mol. The fraction of sp³-hybridized carbons (Fsp3) is 0.500. The zero-order chi connectivity index (χ0) is 14.4. The molecule has 6 heteroatoms. The van der Waals surface area contributed by atoms with Gasteiger partial charge in [0.25, 0.3) is 0 Å². The topological polar surface area (TPSA) is 41.6 Å². The van der Waals surface area contributed by atoms with E-state index in [9.17, 15) is 4.79 Å². The fourth-order valence-corrected chi connectivity index (χ4v) is 2.42. The average Bonchev–Trinajstić information content (AvgIpc) is 2.48. The van der Waals surface area contributed by atoms with Gasteiger partial charge >= 0.3 is 0 Å². The van der Waals surface area contributed by atoms with Crippen molar-refractivity contribution in [1.29, 1.82) is 0 Å². The Kier molecular flexibility index (Phi) is 5.95.